The number of methoxy groups -OCH3 is 1. The molecule has 0 bridgehead atoms. The first kappa shape index (κ1) is 17.3. The number of ether oxygens (including phenoxy) is 1. The quantitative estimate of drug-likeness (QED) is 0.486. The normalized spacial score (nSPS) is 14.7. The molecule has 126 valence electrons. The molecule has 0 aliphatic heterocycles. The van der Waals surface area contributed by atoms with Crippen molar-refractivity contribution in [2.24, 2.45) is 0 Å². The van der Waals surface area contributed by atoms with Crippen LogP contribution in [0, 0.1) is 0 Å². The van der Waals surface area contributed by atoms with Crippen molar-refractivity contribution in [1.29, 1.82) is 0 Å². The Hall–Kier alpha value is -2.02. The Labute approximate surface area is 142 Å². The zero-order valence-electron chi connectivity index (χ0n) is 13.4. The minimum absolute atomic E-state index is 0.124. The Balaban J connectivity index is 1.67. The lowest BCUT2D eigenvalue weighted by molar-refractivity contribution is -0.119. The maximum Gasteiger partial charge on any atom is 0.257 e. The van der Waals surface area contributed by atoms with E-state index in [0.29, 0.717) is 16.9 Å². The summed E-state index contributed by atoms with van der Waals surface area (Å²) in [7, 11) is 1.59. The molecule has 1 aromatic rings. The molecule has 1 aliphatic rings. The van der Waals surface area contributed by atoms with Crippen LogP contribution in [0.3, 0.4) is 0 Å². The van der Waals surface area contributed by atoms with E-state index in [0.717, 1.165) is 18.5 Å². The molecule has 6 nitrogen and oxygen atoms in total. The minimum atomic E-state index is -0.205. The van der Waals surface area contributed by atoms with E-state index in [1.807, 2.05) is 24.3 Å². The van der Waals surface area contributed by atoms with E-state index in [4.69, 9.17) is 17.0 Å². The maximum atomic E-state index is 11.8. The van der Waals surface area contributed by atoms with Gasteiger partial charge in [-0.1, -0.05) is 31.4 Å². The van der Waals surface area contributed by atoms with Gasteiger partial charge in [-0.05, 0) is 37.2 Å². The van der Waals surface area contributed by atoms with Crippen LogP contribution in [-0.2, 0) is 4.79 Å². The molecule has 1 saturated carbocycles. The summed E-state index contributed by atoms with van der Waals surface area (Å²) in [5.41, 5.74) is 6.10. The van der Waals surface area contributed by atoms with Gasteiger partial charge < -0.3 is 15.4 Å². The summed E-state index contributed by atoms with van der Waals surface area (Å²) >= 11 is 5.19. The van der Waals surface area contributed by atoms with Gasteiger partial charge >= 0.3 is 0 Å². The number of carbonyl (C=O) groups excluding carboxylic acids is 1. The smallest absolute Gasteiger partial charge is 0.257 e. The van der Waals surface area contributed by atoms with Crippen molar-refractivity contribution in [3.05, 3.63) is 24.3 Å². The van der Waals surface area contributed by atoms with E-state index in [-0.39, 0.29) is 12.5 Å². The van der Waals surface area contributed by atoms with Gasteiger partial charge in [-0.3, -0.25) is 15.6 Å². The van der Waals surface area contributed by atoms with Crippen LogP contribution >= 0.6 is 12.2 Å². The molecule has 0 atom stereocenters. The highest BCUT2D eigenvalue weighted by Gasteiger charge is 2.14. The first-order valence-electron chi connectivity index (χ1n) is 7.91. The highest BCUT2D eigenvalue weighted by atomic mass is 32.1. The fraction of sp³-hybridized carbons (Fsp3) is 0.500. The summed E-state index contributed by atoms with van der Waals surface area (Å²) < 4.78 is 5.22. The second-order valence-corrected chi connectivity index (χ2v) is 5.94. The van der Waals surface area contributed by atoms with E-state index in [2.05, 4.69) is 21.5 Å². The monoisotopic (exact) mass is 336 g/mol. The molecule has 4 N–H and O–H groups in total. The summed E-state index contributed by atoms with van der Waals surface area (Å²) in [6.45, 7) is 0.124. The average Bonchev–Trinajstić information content (AvgIpc) is 2.59. The third-order valence-corrected chi connectivity index (χ3v) is 4.02. The summed E-state index contributed by atoms with van der Waals surface area (Å²) in [6.07, 6.45) is 6.02. The van der Waals surface area contributed by atoms with Crippen molar-refractivity contribution in [1.82, 2.24) is 16.2 Å². The second kappa shape index (κ2) is 9.19. The van der Waals surface area contributed by atoms with Crippen LogP contribution in [-0.4, -0.2) is 30.7 Å². The lowest BCUT2D eigenvalue weighted by Gasteiger charge is -2.24. The van der Waals surface area contributed by atoms with Gasteiger partial charge in [-0.15, -0.1) is 0 Å². The summed E-state index contributed by atoms with van der Waals surface area (Å²) in [5, 5.41) is 6.72. The molecule has 1 fully saturated rings. The molecule has 0 radical (unpaired) electrons. The van der Waals surface area contributed by atoms with Crippen molar-refractivity contribution < 1.29 is 9.53 Å². The van der Waals surface area contributed by atoms with Crippen molar-refractivity contribution >= 4 is 28.9 Å². The molecule has 23 heavy (non-hydrogen) atoms. The molecule has 1 aromatic carbocycles. The Bertz CT molecular complexity index is 533. The van der Waals surface area contributed by atoms with E-state index in [1.165, 1.54) is 19.3 Å². The first-order chi connectivity index (χ1) is 11.2. The van der Waals surface area contributed by atoms with Crippen molar-refractivity contribution in [2.75, 3.05) is 19.0 Å². The lowest BCUT2D eigenvalue weighted by Crippen LogP contribution is -2.51. The van der Waals surface area contributed by atoms with Crippen molar-refractivity contribution in [3.8, 4) is 5.75 Å². The number of amides is 1. The number of anilines is 1. The van der Waals surface area contributed by atoms with Gasteiger partial charge in [-0.2, -0.15) is 0 Å². The largest absolute Gasteiger partial charge is 0.495 e. The second-order valence-electron chi connectivity index (χ2n) is 5.54. The lowest BCUT2D eigenvalue weighted by atomic mass is 9.96. The molecule has 7 heteroatoms. The SMILES string of the molecule is COc1ccccc1NCC(=O)NNC(=S)NC1CCCCC1. The van der Waals surface area contributed by atoms with Crippen LogP contribution < -0.4 is 26.2 Å². The molecule has 2 rings (SSSR count). The number of hydrogen-bond acceptors (Lipinski definition) is 4. The van der Waals surface area contributed by atoms with Crippen molar-refractivity contribution in [2.45, 2.75) is 38.1 Å². The van der Waals surface area contributed by atoms with Crippen LogP contribution in [0.5, 0.6) is 5.75 Å². The molecule has 1 amide bonds. The Morgan fingerprint density at radius 2 is 1.96 bits per heavy atom. The van der Waals surface area contributed by atoms with Crippen LogP contribution in [0.15, 0.2) is 24.3 Å². The standard InChI is InChI=1S/C16H24N4O2S/c1-22-14-10-6-5-9-13(14)17-11-15(21)19-20-16(23)18-12-7-3-2-4-8-12/h5-6,9-10,12,17H,2-4,7-8,11H2,1H3,(H,19,21)(H2,18,20,23). The average molecular weight is 336 g/mol. The molecule has 0 spiro atoms. The summed E-state index contributed by atoms with van der Waals surface area (Å²) in [6, 6.07) is 7.86. The predicted molar refractivity (Wildman–Crippen MR) is 95.4 cm³/mol. The molecule has 0 heterocycles. The minimum Gasteiger partial charge on any atom is -0.495 e. The van der Waals surface area contributed by atoms with Crippen LogP contribution in [0.1, 0.15) is 32.1 Å². The Kier molecular flexibility index (Phi) is 6.93. The van der Waals surface area contributed by atoms with Gasteiger partial charge in [0.25, 0.3) is 5.91 Å². The Morgan fingerprint density at radius 1 is 1.22 bits per heavy atom. The fourth-order valence-electron chi connectivity index (χ4n) is 2.61. The van der Waals surface area contributed by atoms with Gasteiger partial charge in [0.2, 0.25) is 0 Å². The molecule has 0 unspecified atom stereocenters. The van der Waals surface area contributed by atoms with Gasteiger partial charge in [0.05, 0.1) is 19.3 Å². The molecular weight excluding hydrogens is 312 g/mol. The van der Waals surface area contributed by atoms with E-state index in [1.54, 1.807) is 7.11 Å². The van der Waals surface area contributed by atoms with Gasteiger partial charge in [0.1, 0.15) is 5.75 Å². The number of benzene rings is 1. The number of hydrogen-bond donors (Lipinski definition) is 4. The van der Waals surface area contributed by atoms with Gasteiger partial charge in [-0.25, -0.2) is 0 Å². The van der Waals surface area contributed by atoms with Gasteiger partial charge in [0, 0.05) is 6.04 Å². The highest BCUT2D eigenvalue weighted by Crippen LogP contribution is 2.22. The third-order valence-electron chi connectivity index (χ3n) is 3.80. The third kappa shape index (κ3) is 5.94. The maximum absolute atomic E-state index is 11.8. The van der Waals surface area contributed by atoms with E-state index < -0.39 is 0 Å². The molecular formula is C16H24N4O2S. The van der Waals surface area contributed by atoms with Crippen LogP contribution in [0.4, 0.5) is 5.69 Å². The van der Waals surface area contributed by atoms with E-state index >= 15 is 0 Å². The topological polar surface area (TPSA) is 74.4 Å². The number of rotatable bonds is 5. The first-order valence-corrected chi connectivity index (χ1v) is 8.32. The number of para-hydroxylation sites is 2. The fourth-order valence-corrected chi connectivity index (χ4v) is 2.82. The zero-order valence-corrected chi connectivity index (χ0v) is 14.2. The zero-order chi connectivity index (χ0) is 16.5. The molecule has 0 aromatic heterocycles. The van der Waals surface area contributed by atoms with E-state index in [9.17, 15) is 4.79 Å². The van der Waals surface area contributed by atoms with Crippen molar-refractivity contribution in [3.63, 3.8) is 0 Å². The van der Waals surface area contributed by atoms with Crippen LogP contribution in [0.25, 0.3) is 0 Å². The molecule has 0 saturated heterocycles. The van der Waals surface area contributed by atoms with Crippen LogP contribution in [0.2, 0.25) is 0 Å². The summed E-state index contributed by atoms with van der Waals surface area (Å²) in [4.78, 5) is 11.8. The van der Waals surface area contributed by atoms with Gasteiger partial charge in [0.15, 0.2) is 5.11 Å². The Morgan fingerprint density at radius 3 is 2.70 bits per heavy atom. The molecule has 1 aliphatic carbocycles. The number of thiocarbonyl (C=S) groups is 1. The number of hydrazine groups is 1. The highest BCUT2D eigenvalue weighted by molar-refractivity contribution is 7.80. The predicted octanol–water partition coefficient (Wildman–Crippen LogP) is 1.94. The number of carbonyl (C=O) groups is 1. The number of nitrogens with one attached hydrogen (secondary N) is 4. The summed E-state index contributed by atoms with van der Waals surface area (Å²) in [5.74, 6) is 0.492.